The summed E-state index contributed by atoms with van der Waals surface area (Å²) >= 11 is 0. The van der Waals surface area contributed by atoms with Gasteiger partial charge in [-0.15, -0.1) is 0 Å². The summed E-state index contributed by atoms with van der Waals surface area (Å²) in [5.41, 5.74) is -0.603. The maximum atomic E-state index is 9.13. The van der Waals surface area contributed by atoms with Crippen LogP contribution in [0.1, 0.15) is 27.7 Å². The number of aliphatic hydroxyl groups is 1. The van der Waals surface area contributed by atoms with E-state index in [1.165, 1.54) is 0 Å². The van der Waals surface area contributed by atoms with Crippen LogP contribution in [-0.2, 0) is 0 Å². The molecule has 1 N–H and O–H groups in total. The van der Waals surface area contributed by atoms with E-state index in [1.807, 2.05) is 6.42 Å². The van der Waals surface area contributed by atoms with Crippen molar-refractivity contribution in [3.05, 3.63) is 6.42 Å². The van der Waals surface area contributed by atoms with Crippen LogP contribution in [0.2, 0.25) is 0 Å². The minimum absolute atomic E-state index is 0.468. The van der Waals surface area contributed by atoms with E-state index in [9.17, 15) is 0 Å². The zero-order valence-corrected chi connectivity index (χ0v) is 6.10. The zero-order valence-electron chi connectivity index (χ0n) is 6.10. The number of rotatable bonds is 2. The van der Waals surface area contributed by atoms with Gasteiger partial charge in [-0.25, -0.2) is 0 Å². The van der Waals surface area contributed by atoms with E-state index < -0.39 is 5.60 Å². The first-order valence-electron chi connectivity index (χ1n) is 3.00. The predicted molar refractivity (Wildman–Crippen MR) is 35.4 cm³/mol. The van der Waals surface area contributed by atoms with Crippen molar-refractivity contribution in [2.75, 3.05) is 0 Å². The molecule has 49 valence electrons. The fourth-order valence-electron chi connectivity index (χ4n) is 0.816. The molecule has 0 bridgehead atoms. The van der Waals surface area contributed by atoms with Crippen LogP contribution in [0.25, 0.3) is 0 Å². The molecule has 0 aromatic heterocycles. The number of hydrogen-bond donors (Lipinski definition) is 1. The van der Waals surface area contributed by atoms with E-state index in [2.05, 4.69) is 13.8 Å². The molecule has 1 heteroatoms. The molecule has 0 saturated heterocycles. The maximum Gasteiger partial charge on any atom is 0.0626 e. The molecule has 0 fully saturated rings. The normalized spacial score (nSPS) is 12.8. The monoisotopic (exact) mass is 115 g/mol. The third kappa shape index (κ3) is 5.96. The van der Waals surface area contributed by atoms with Gasteiger partial charge in [0.1, 0.15) is 0 Å². The van der Waals surface area contributed by atoms with Gasteiger partial charge in [0.05, 0.1) is 5.60 Å². The van der Waals surface area contributed by atoms with Crippen LogP contribution < -0.4 is 0 Å². The summed E-state index contributed by atoms with van der Waals surface area (Å²) < 4.78 is 0. The lowest BCUT2D eigenvalue weighted by Gasteiger charge is -2.18. The summed E-state index contributed by atoms with van der Waals surface area (Å²) in [6.45, 7) is 7.68. The van der Waals surface area contributed by atoms with Crippen molar-refractivity contribution < 1.29 is 5.11 Å². The maximum absolute atomic E-state index is 9.13. The molecule has 0 saturated carbocycles. The average molecular weight is 115 g/mol. The molecule has 0 spiro atoms. The standard InChI is InChI=1S/C7H15O/c1-6(2)5-7(3,4)8/h5-6,8H,1-4H3. The van der Waals surface area contributed by atoms with Gasteiger partial charge in [0, 0.05) is 0 Å². The smallest absolute Gasteiger partial charge is 0.0626 e. The minimum atomic E-state index is -0.603. The Morgan fingerprint density at radius 3 is 1.75 bits per heavy atom. The van der Waals surface area contributed by atoms with E-state index in [0.717, 1.165) is 0 Å². The topological polar surface area (TPSA) is 20.2 Å². The summed E-state index contributed by atoms with van der Waals surface area (Å²) in [6.07, 6.45) is 1.91. The Morgan fingerprint density at radius 2 is 1.75 bits per heavy atom. The SMILES string of the molecule is CC(C)[CH]C(C)(C)O. The molecular weight excluding hydrogens is 100 g/mol. The van der Waals surface area contributed by atoms with Crippen LogP contribution >= 0.6 is 0 Å². The molecule has 1 nitrogen and oxygen atoms in total. The molecule has 0 amide bonds. The quantitative estimate of drug-likeness (QED) is 0.579. The fraction of sp³-hybridized carbons (Fsp3) is 0.857. The highest BCUT2D eigenvalue weighted by Gasteiger charge is 2.13. The Morgan fingerprint density at radius 1 is 1.38 bits per heavy atom. The van der Waals surface area contributed by atoms with Crippen molar-refractivity contribution in [2.24, 2.45) is 5.92 Å². The van der Waals surface area contributed by atoms with Gasteiger partial charge in [0.15, 0.2) is 0 Å². The third-order valence-electron chi connectivity index (χ3n) is 0.741. The summed E-state index contributed by atoms with van der Waals surface area (Å²) in [7, 11) is 0. The Hall–Kier alpha value is -0.0400. The second-order valence-electron chi connectivity index (χ2n) is 3.06. The van der Waals surface area contributed by atoms with Crippen LogP contribution in [0.4, 0.5) is 0 Å². The largest absolute Gasteiger partial charge is 0.390 e. The molecule has 0 aromatic carbocycles. The van der Waals surface area contributed by atoms with Gasteiger partial charge in [0.25, 0.3) is 0 Å². The van der Waals surface area contributed by atoms with E-state index in [4.69, 9.17) is 5.11 Å². The van der Waals surface area contributed by atoms with Gasteiger partial charge in [-0.1, -0.05) is 13.8 Å². The molecule has 0 aliphatic heterocycles. The summed E-state index contributed by atoms with van der Waals surface area (Å²) in [5.74, 6) is 0.468. The Labute approximate surface area is 51.7 Å². The van der Waals surface area contributed by atoms with E-state index in [0.29, 0.717) is 5.92 Å². The first-order valence-corrected chi connectivity index (χ1v) is 3.00. The first-order chi connectivity index (χ1) is 3.42. The molecule has 8 heavy (non-hydrogen) atoms. The van der Waals surface area contributed by atoms with Crippen LogP contribution in [0, 0.1) is 12.3 Å². The van der Waals surface area contributed by atoms with E-state index >= 15 is 0 Å². The highest BCUT2D eigenvalue weighted by atomic mass is 16.3. The third-order valence-corrected chi connectivity index (χ3v) is 0.741. The van der Waals surface area contributed by atoms with Gasteiger partial charge < -0.3 is 5.11 Å². The Balaban J connectivity index is 3.39. The number of hydrogen-bond acceptors (Lipinski definition) is 1. The van der Waals surface area contributed by atoms with Crippen molar-refractivity contribution >= 4 is 0 Å². The molecule has 0 unspecified atom stereocenters. The van der Waals surface area contributed by atoms with E-state index in [-0.39, 0.29) is 0 Å². The Bertz CT molecular complexity index is 59.3. The highest BCUT2D eigenvalue weighted by molar-refractivity contribution is 4.86. The van der Waals surface area contributed by atoms with Gasteiger partial charge in [-0.3, -0.25) is 0 Å². The lowest BCUT2D eigenvalue weighted by Crippen LogP contribution is -2.21. The van der Waals surface area contributed by atoms with Crippen molar-refractivity contribution in [3.8, 4) is 0 Å². The minimum Gasteiger partial charge on any atom is -0.390 e. The van der Waals surface area contributed by atoms with Gasteiger partial charge in [0.2, 0.25) is 0 Å². The lowest BCUT2D eigenvalue weighted by molar-refractivity contribution is 0.105. The van der Waals surface area contributed by atoms with Crippen LogP contribution in [0.3, 0.4) is 0 Å². The fourth-order valence-corrected chi connectivity index (χ4v) is 0.816. The van der Waals surface area contributed by atoms with Crippen LogP contribution in [0.5, 0.6) is 0 Å². The van der Waals surface area contributed by atoms with Gasteiger partial charge >= 0.3 is 0 Å². The predicted octanol–water partition coefficient (Wildman–Crippen LogP) is 1.62. The van der Waals surface area contributed by atoms with Gasteiger partial charge in [-0.2, -0.15) is 0 Å². The van der Waals surface area contributed by atoms with Gasteiger partial charge in [-0.05, 0) is 26.2 Å². The van der Waals surface area contributed by atoms with Crippen molar-refractivity contribution in [1.82, 2.24) is 0 Å². The molecule has 0 rings (SSSR count). The van der Waals surface area contributed by atoms with Crippen molar-refractivity contribution in [1.29, 1.82) is 0 Å². The second-order valence-corrected chi connectivity index (χ2v) is 3.06. The lowest BCUT2D eigenvalue weighted by atomic mass is 9.97. The molecular formula is C7H15O. The summed E-state index contributed by atoms with van der Waals surface area (Å²) in [4.78, 5) is 0. The summed E-state index contributed by atoms with van der Waals surface area (Å²) in [5, 5.41) is 9.13. The van der Waals surface area contributed by atoms with Crippen LogP contribution in [0.15, 0.2) is 0 Å². The highest BCUT2D eigenvalue weighted by Crippen LogP contribution is 2.12. The molecule has 0 heterocycles. The summed E-state index contributed by atoms with van der Waals surface area (Å²) in [6, 6.07) is 0. The molecule has 0 atom stereocenters. The average Bonchev–Trinajstić information content (AvgIpc) is 1.21. The molecule has 0 aromatic rings. The Kier molecular flexibility index (Phi) is 2.48. The van der Waals surface area contributed by atoms with Crippen molar-refractivity contribution in [3.63, 3.8) is 0 Å². The van der Waals surface area contributed by atoms with E-state index in [1.54, 1.807) is 13.8 Å². The molecule has 1 radical (unpaired) electrons. The van der Waals surface area contributed by atoms with Crippen molar-refractivity contribution in [2.45, 2.75) is 33.3 Å². The molecule has 0 aliphatic rings. The van der Waals surface area contributed by atoms with Crippen LogP contribution in [-0.4, -0.2) is 10.7 Å². The zero-order chi connectivity index (χ0) is 6.78. The molecule has 0 aliphatic carbocycles. The second kappa shape index (κ2) is 2.49. The first kappa shape index (κ1) is 7.96.